The Kier molecular flexibility index (Phi) is 3.95. The molecule has 0 saturated heterocycles. The van der Waals surface area contributed by atoms with Crippen molar-refractivity contribution in [1.82, 2.24) is 4.98 Å². The molecule has 0 aliphatic rings. The summed E-state index contributed by atoms with van der Waals surface area (Å²) in [6.45, 7) is 2.06. The van der Waals surface area contributed by atoms with Gasteiger partial charge >= 0.3 is 0 Å². The molecule has 3 heteroatoms. The second-order valence-electron chi connectivity index (χ2n) is 4.11. The van der Waals surface area contributed by atoms with Gasteiger partial charge < -0.3 is 9.84 Å². The van der Waals surface area contributed by atoms with Crippen LogP contribution >= 0.6 is 0 Å². The third-order valence-electron chi connectivity index (χ3n) is 2.95. The monoisotopic (exact) mass is 243 g/mol. The minimum Gasteiger partial charge on any atom is -0.481 e. The molecule has 3 nitrogen and oxygen atoms in total. The average molecular weight is 243 g/mol. The topological polar surface area (TPSA) is 42.4 Å². The lowest BCUT2D eigenvalue weighted by atomic mass is 10.0. The zero-order valence-corrected chi connectivity index (χ0v) is 10.6. The fourth-order valence-corrected chi connectivity index (χ4v) is 1.89. The first-order valence-corrected chi connectivity index (χ1v) is 6.02. The van der Waals surface area contributed by atoms with Crippen LogP contribution in [0.4, 0.5) is 0 Å². The summed E-state index contributed by atoms with van der Waals surface area (Å²) in [4.78, 5) is 4.23. The Morgan fingerprint density at radius 3 is 2.61 bits per heavy atom. The van der Waals surface area contributed by atoms with E-state index in [9.17, 15) is 5.11 Å². The van der Waals surface area contributed by atoms with E-state index >= 15 is 0 Å². The Labute approximate surface area is 107 Å². The van der Waals surface area contributed by atoms with Gasteiger partial charge in [-0.3, -0.25) is 0 Å². The van der Waals surface area contributed by atoms with Crippen molar-refractivity contribution in [3.05, 3.63) is 59.3 Å². The predicted molar refractivity (Wildman–Crippen MR) is 70.7 cm³/mol. The molecule has 0 spiro atoms. The van der Waals surface area contributed by atoms with Gasteiger partial charge in [-0.25, -0.2) is 4.98 Å². The van der Waals surface area contributed by atoms with Gasteiger partial charge in [-0.1, -0.05) is 37.3 Å². The Morgan fingerprint density at radius 1 is 1.28 bits per heavy atom. The number of ether oxygens (including phenoxy) is 1. The number of nitrogens with zero attached hydrogens (tertiary/aromatic N) is 1. The normalized spacial score (nSPS) is 12.2. The van der Waals surface area contributed by atoms with Gasteiger partial charge in [0.1, 0.15) is 6.10 Å². The standard InChI is InChI=1S/C15H17NO2/c1-3-11-9-13(15(18-2)16-10-11)14(17)12-7-5-4-6-8-12/h4-10,14,17H,3H2,1-2H3. The van der Waals surface area contributed by atoms with Gasteiger partial charge in [-0.05, 0) is 23.6 Å². The van der Waals surface area contributed by atoms with Crippen LogP contribution in [0.25, 0.3) is 0 Å². The van der Waals surface area contributed by atoms with E-state index in [4.69, 9.17) is 4.74 Å². The van der Waals surface area contributed by atoms with Crippen molar-refractivity contribution >= 4 is 0 Å². The summed E-state index contributed by atoms with van der Waals surface area (Å²) in [5.74, 6) is 0.476. The van der Waals surface area contributed by atoms with Crippen LogP contribution in [0.15, 0.2) is 42.6 Å². The van der Waals surface area contributed by atoms with E-state index < -0.39 is 6.10 Å². The molecule has 2 aromatic rings. The van der Waals surface area contributed by atoms with Crippen molar-refractivity contribution < 1.29 is 9.84 Å². The SMILES string of the molecule is CCc1cnc(OC)c(C(O)c2ccccc2)c1. The lowest BCUT2D eigenvalue weighted by Gasteiger charge is -2.15. The molecule has 1 N–H and O–H groups in total. The maximum atomic E-state index is 10.4. The van der Waals surface area contributed by atoms with Gasteiger partial charge in [0.05, 0.1) is 7.11 Å². The van der Waals surface area contributed by atoms with Gasteiger partial charge in [0.2, 0.25) is 5.88 Å². The minimum atomic E-state index is -0.708. The van der Waals surface area contributed by atoms with Gasteiger partial charge in [0.25, 0.3) is 0 Å². The van der Waals surface area contributed by atoms with Crippen LogP contribution in [0, 0.1) is 0 Å². The summed E-state index contributed by atoms with van der Waals surface area (Å²) < 4.78 is 5.22. The average Bonchev–Trinajstić information content (AvgIpc) is 2.46. The number of aliphatic hydroxyl groups excluding tert-OH is 1. The van der Waals surface area contributed by atoms with Crippen LogP contribution in [0.2, 0.25) is 0 Å². The van der Waals surface area contributed by atoms with Gasteiger partial charge in [0, 0.05) is 11.8 Å². The molecule has 1 heterocycles. The first-order valence-electron chi connectivity index (χ1n) is 6.02. The van der Waals surface area contributed by atoms with Crippen molar-refractivity contribution in [1.29, 1.82) is 0 Å². The molecule has 1 aromatic carbocycles. The van der Waals surface area contributed by atoms with Crippen molar-refractivity contribution in [2.75, 3.05) is 7.11 Å². The number of methoxy groups -OCH3 is 1. The third kappa shape index (κ3) is 2.51. The van der Waals surface area contributed by atoms with E-state index in [0.717, 1.165) is 17.5 Å². The molecule has 0 fully saturated rings. The molecule has 2 rings (SSSR count). The van der Waals surface area contributed by atoms with Crippen LogP contribution in [-0.2, 0) is 6.42 Å². The van der Waals surface area contributed by atoms with Crippen LogP contribution in [0.5, 0.6) is 5.88 Å². The zero-order valence-electron chi connectivity index (χ0n) is 10.6. The van der Waals surface area contributed by atoms with E-state index in [1.165, 1.54) is 0 Å². The van der Waals surface area contributed by atoms with Crippen molar-refractivity contribution in [3.63, 3.8) is 0 Å². The number of rotatable bonds is 4. The number of pyridine rings is 1. The lowest BCUT2D eigenvalue weighted by Crippen LogP contribution is -2.04. The summed E-state index contributed by atoms with van der Waals surface area (Å²) in [5.41, 5.74) is 2.63. The fraction of sp³-hybridized carbons (Fsp3) is 0.267. The molecule has 0 amide bonds. The molecule has 94 valence electrons. The Balaban J connectivity index is 2.42. The molecular formula is C15H17NO2. The molecule has 1 atom stereocenters. The van der Waals surface area contributed by atoms with Gasteiger partial charge in [-0.2, -0.15) is 0 Å². The number of hydrogen-bond acceptors (Lipinski definition) is 3. The molecule has 1 aromatic heterocycles. The quantitative estimate of drug-likeness (QED) is 0.897. The van der Waals surface area contributed by atoms with Crippen LogP contribution in [-0.4, -0.2) is 17.2 Å². The molecule has 0 aliphatic carbocycles. The molecular weight excluding hydrogens is 226 g/mol. The Hall–Kier alpha value is -1.87. The number of benzene rings is 1. The molecule has 0 radical (unpaired) electrons. The highest BCUT2D eigenvalue weighted by Gasteiger charge is 2.16. The lowest BCUT2D eigenvalue weighted by molar-refractivity contribution is 0.213. The highest BCUT2D eigenvalue weighted by molar-refractivity contribution is 5.37. The maximum absolute atomic E-state index is 10.4. The van der Waals surface area contributed by atoms with E-state index in [0.29, 0.717) is 11.4 Å². The maximum Gasteiger partial charge on any atom is 0.219 e. The van der Waals surface area contributed by atoms with Gasteiger partial charge in [0.15, 0.2) is 0 Å². The summed E-state index contributed by atoms with van der Waals surface area (Å²) >= 11 is 0. The summed E-state index contributed by atoms with van der Waals surface area (Å²) in [6, 6.07) is 11.5. The second-order valence-corrected chi connectivity index (χ2v) is 4.11. The minimum absolute atomic E-state index is 0.476. The molecule has 0 saturated carbocycles. The number of aryl methyl sites for hydroxylation is 1. The summed E-state index contributed by atoms with van der Waals surface area (Å²) in [5, 5.41) is 10.4. The Morgan fingerprint density at radius 2 is 2.00 bits per heavy atom. The van der Waals surface area contributed by atoms with E-state index in [2.05, 4.69) is 11.9 Å². The van der Waals surface area contributed by atoms with E-state index in [-0.39, 0.29) is 0 Å². The Bertz CT molecular complexity index is 511. The van der Waals surface area contributed by atoms with Crippen molar-refractivity contribution in [2.24, 2.45) is 0 Å². The molecule has 0 aliphatic heterocycles. The highest BCUT2D eigenvalue weighted by Crippen LogP contribution is 2.29. The largest absolute Gasteiger partial charge is 0.481 e. The molecule has 18 heavy (non-hydrogen) atoms. The van der Waals surface area contributed by atoms with Crippen molar-refractivity contribution in [2.45, 2.75) is 19.4 Å². The van der Waals surface area contributed by atoms with Crippen LogP contribution < -0.4 is 4.74 Å². The first-order chi connectivity index (χ1) is 8.76. The zero-order chi connectivity index (χ0) is 13.0. The van der Waals surface area contributed by atoms with Gasteiger partial charge in [-0.15, -0.1) is 0 Å². The van der Waals surface area contributed by atoms with Crippen LogP contribution in [0.3, 0.4) is 0 Å². The van der Waals surface area contributed by atoms with E-state index in [1.54, 1.807) is 13.3 Å². The van der Waals surface area contributed by atoms with E-state index in [1.807, 2.05) is 36.4 Å². The van der Waals surface area contributed by atoms with Crippen molar-refractivity contribution in [3.8, 4) is 5.88 Å². The summed E-state index contributed by atoms with van der Waals surface area (Å²) in [7, 11) is 1.56. The number of hydrogen-bond donors (Lipinski definition) is 1. The smallest absolute Gasteiger partial charge is 0.219 e. The third-order valence-corrected chi connectivity index (χ3v) is 2.95. The van der Waals surface area contributed by atoms with Crippen LogP contribution in [0.1, 0.15) is 29.7 Å². The predicted octanol–water partition coefficient (Wildman–Crippen LogP) is 2.73. The molecule has 1 unspecified atom stereocenters. The first kappa shape index (κ1) is 12.6. The number of aromatic nitrogens is 1. The number of aliphatic hydroxyl groups is 1. The second kappa shape index (κ2) is 5.65. The highest BCUT2D eigenvalue weighted by atomic mass is 16.5. The fourth-order valence-electron chi connectivity index (χ4n) is 1.89. The summed E-state index contributed by atoms with van der Waals surface area (Å²) in [6.07, 6.45) is 1.95. The molecule has 0 bridgehead atoms.